The molecule has 0 aromatic heterocycles. The predicted octanol–water partition coefficient (Wildman–Crippen LogP) is 2.26. The van der Waals surface area contributed by atoms with E-state index in [9.17, 15) is 8.42 Å². The molecular weight excluding hydrogens is 274 g/mol. The first-order chi connectivity index (χ1) is 9.53. The van der Waals surface area contributed by atoms with E-state index in [1.54, 1.807) is 0 Å². The van der Waals surface area contributed by atoms with Crippen LogP contribution in [0.4, 0.5) is 0 Å². The maximum absolute atomic E-state index is 10.9. The summed E-state index contributed by atoms with van der Waals surface area (Å²) in [5, 5.41) is 0. The van der Waals surface area contributed by atoms with Gasteiger partial charge in [0, 0.05) is 13.1 Å². The van der Waals surface area contributed by atoms with Crippen LogP contribution in [0.15, 0.2) is 30.3 Å². The number of likely N-dealkylation sites (tertiary alicyclic amines) is 1. The molecule has 0 radical (unpaired) electrons. The average molecular weight is 297 g/mol. The molecule has 5 heteroatoms. The molecule has 0 amide bonds. The second kappa shape index (κ2) is 7.20. The molecule has 1 heterocycles. The Morgan fingerprint density at radius 1 is 1.30 bits per heavy atom. The minimum absolute atomic E-state index is 0.308. The Morgan fingerprint density at radius 3 is 2.75 bits per heavy atom. The largest absolute Gasteiger partial charge is 0.299 e. The molecule has 1 aliphatic heterocycles. The average Bonchev–Trinajstić information content (AvgIpc) is 2.39. The predicted molar refractivity (Wildman–Crippen MR) is 79.9 cm³/mol. The highest BCUT2D eigenvalue weighted by Crippen LogP contribution is 2.21. The highest BCUT2D eigenvalue weighted by atomic mass is 32.2. The summed E-state index contributed by atoms with van der Waals surface area (Å²) in [4.78, 5) is 2.45. The molecule has 4 nitrogen and oxygen atoms in total. The molecule has 0 unspecified atom stereocenters. The van der Waals surface area contributed by atoms with E-state index >= 15 is 0 Å². The third-order valence-electron chi connectivity index (χ3n) is 3.68. The zero-order valence-electron chi connectivity index (χ0n) is 12.0. The fourth-order valence-electron chi connectivity index (χ4n) is 2.74. The minimum atomic E-state index is -3.30. The van der Waals surface area contributed by atoms with Crippen LogP contribution in [-0.4, -0.2) is 39.3 Å². The smallest absolute Gasteiger partial charge is 0.264 e. The molecule has 20 heavy (non-hydrogen) atoms. The van der Waals surface area contributed by atoms with Crippen molar-refractivity contribution in [2.45, 2.75) is 25.8 Å². The minimum Gasteiger partial charge on any atom is -0.299 e. The molecule has 1 fully saturated rings. The van der Waals surface area contributed by atoms with E-state index in [2.05, 4.69) is 29.2 Å². The van der Waals surface area contributed by atoms with Crippen LogP contribution in [-0.2, 0) is 20.8 Å². The number of piperidine rings is 1. The molecule has 0 aliphatic carbocycles. The summed E-state index contributed by atoms with van der Waals surface area (Å²) in [6.45, 7) is 3.44. The van der Waals surface area contributed by atoms with Gasteiger partial charge in [-0.15, -0.1) is 0 Å². The maximum Gasteiger partial charge on any atom is 0.264 e. The van der Waals surface area contributed by atoms with Crippen molar-refractivity contribution in [3.8, 4) is 0 Å². The van der Waals surface area contributed by atoms with Crippen LogP contribution in [0.5, 0.6) is 0 Å². The van der Waals surface area contributed by atoms with Gasteiger partial charge in [0.05, 0.1) is 12.9 Å². The van der Waals surface area contributed by atoms with Gasteiger partial charge >= 0.3 is 0 Å². The first kappa shape index (κ1) is 15.5. The number of nitrogens with zero attached hydrogens (tertiary/aromatic N) is 1. The van der Waals surface area contributed by atoms with Gasteiger partial charge in [0.15, 0.2) is 0 Å². The van der Waals surface area contributed by atoms with Crippen LogP contribution in [0.1, 0.15) is 24.8 Å². The van der Waals surface area contributed by atoms with Crippen LogP contribution in [0, 0.1) is 5.92 Å². The zero-order chi connectivity index (χ0) is 14.4. The van der Waals surface area contributed by atoms with Crippen LogP contribution in [0.2, 0.25) is 0 Å². The molecular formula is C15H23NO3S. The summed E-state index contributed by atoms with van der Waals surface area (Å²) in [6, 6.07) is 10.5. The Morgan fingerprint density at radius 2 is 2.05 bits per heavy atom. The van der Waals surface area contributed by atoms with E-state index in [1.165, 1.54) is 18.4 Å². The van der Waals surface area contributed by atoms with Crippen molar-refractivity contribution in [2.24, 2.45) is 5.92 Å². The molecule has 0 N–H and O–H groups in total. The summed E-state index contributed by atoms with van der Waals surface area (Å²) in [7, 11) is -3.30. The van der Waals surface area contributed by atoms with Crippen LogP contribution in [0.3, 0.4) is 0 Å². The van der Waals surface area contributed by atoms with Gasteiger partial charge in [0.25, 0.3) is 10.1 Å². The Balaban J connectivity index is 1.77. The highest BCUT2D eigenvalue weighted by Gasteiger charge is 2.20. The van der Waals surface area contributed by atoms with E-state index in [0.29, 0.717) is 12.5 Å². The first-order valence-electron chi connectivity index (χ1n) is 7.13. The quantitative estimate of drug-likeness (QED) is 0.756. The van der Waals surface area contributed by atoms with Crippen molar-refractivity contribution in [1.29, 1.82) is 0 Å². The lowest BCUT2D eigenvalue weighted by molar-refractivity contribution is 0.148. The van der Waals surface area contributed by atoms with E-state index < -0.39 is 10.1 Å². The second-order valence-corrected chi connectivity index (χ2v) is 7.19. The maximum atomic E-state index is 10.9. The number of rotatable bonds is 6. The van der Waals surface area contributed by atoms with Crippen molar-refractivity contribution < 1.29 is 12.6 Å². The third kappa shape index (κ3) is 5.61. The fraction of sp³-hybridized carbons (Fsp3) is 0.600. The van der Waals surface area contributed by atoms with Gasteiger partial charge in [0.1, 0.15) is 0 Å². The molecule has 0 saturated carbocycles. The van der Waals surface area contributed by atoms with Gasteiger partial charge in [-0.1, -0.05) is 30.3 Å². The highest BCUT2D eigenvalue weighted by molar-refractivity contribution is 7.85. The Kier molecular flexibility index (Phi) is 5.57. The lowest BCUT2D eigenvalue weighted by Crippen LogP contribution is -2.35. The molecule has 112 valence electrons. The van der Waals surface area contributed by atoms with Crippen molar-refractivity contribution in [2.75, 3.05) is 26.0 Å². The Labute approximate surface area is 121 Å². The van der Waals surface area contributed by atoms with Gasteiger partial charge in [-0.3, -0.25) is 9.08 Å². The van der Waals surface area contributed by atoms with Gasteiger partial charge < -0.3 is 0 Å². The van der Waals surface area contributed by atoms with E-state index in [0.717, 1.165) is 32.3 Å². The summed E-state index contributed by atoms with van der Waals surface area (Å²) < 4.78 is 26.7. The Bertz CT molecular complexity index is 501. The van der Waals surface area contributed by atoms with Crippen molar-refractivity contribution in [3.05, 3.63) is 35.9 Å². The van der Waals surface area contributed by atoms with E-state index in [-0.39, 0.29) is 0 Å². The van der Waals surface area contributed by atoms with E-state index in [4.69, 9.17) is 4.18 Å². The molecule has 1 aromatic rings. The SMILES string of the molecule is CS(=O)(=O)OCC[C@@H]1CCCN(Cc2ccccc2)C1. The standard InChI is InChI=1S/C15H23NO3S/c1-20(17,18)19-11-9-15-8-5-10-16(13-15)12-14-6-3-2-4-7-14/h2-4,6-7,15H,5,8-13H2,1H3/t15-/m0/s1. The lowest BCUT2D eigenvalue weighted by atomic mass is 9.95. The van der Waals surface area contributed by atoms with Gasteiger partial charge in [0.2, 0.25) is 0 Å². The summed E-state index contributed by atoms with van der Waals surface area (Å²) in [6.07, 6.45) is 4.27. The van der Waals surface area contributed by atoms with Crippen LogP contribution < -0.4 is 0 Å². The second-order valence-electron chi connectivity index (χ2n) is 5.54. The zero-order valence-corrected chi connectivity index (χ0v) is 12.8. The van der Waals surface area contributed by atoms with Crippen LogP contribution >= 0.6 is 0 Å². The van der Waals surface area contributed by atoms with Gasteiger partial charge in [-0.05, 0) is 37.3 Å². The third-order valence-corrected chi connectivity index (χ3v) is 4.27. The van der Waals surface area contributed by atoms with Gasteiger partial charge in [-0.25, -0.2) is 0 Å². The molecule has 1 saturated heterocycles. The number of hydrogen-bond donors (Lipinski definition) is 0. The van der Waals surface area contributed by atoms with E-state index in [1.807, 2.05) is 6.07 Å². The summed E-state index contributed by atoms with van der Waals surface area (Å²) in [5.74, 6) is 0.536. The number of hydrogen-bond acceptors (Lipinski definition) is 4. The monoisotopic (exact) mass is 297 g/mol. The lowest BCUT2D eigenvalue weighted by Gasteiger charge is -2.32. The fourth-order valence-corrected chi connectivity index (χ4v) is 3.14. The summed E-state index contributed by atoms with van der Waals surface area (Å²) >= 11 is 0. The Hall–Kier alpha value is -0.910. The molecule has 0 bridgehead atoms. The molecule has 1 aliphatic rings. The van der Waals surface area contributed by atoms with Crippen molar-refractivity contribution >= 4 is 10.1 Å². The van der Waals surface area contributed by atoms with Crippen molar-refractivity contribution in [3.63, 3.8) is 0 Å². The topological polar surface area (TPSA) is 46.6 Å². The van der Waals surface area contributed by atoms with Gasteiger partial charge in [-0.2, -0.15) is 8.42 Å². The molecule has 1 aromatic carbocycles. The summed E-state index contributed by atoms with van der Waals surface area (Å²) in [5.41, 5.74) is 1.33. The normalized spacial score (nSPS) is 20.9. The molecule has 1 atom stereocenters. The number of benzene rings is 1. The molecule has 2 rings (SSSR count). The van der Waals surface area contributed by atoms with Crippen molar-refractivity contribution in [1.82, 2.24) is 4.90 Å². The van der Waals surface area contributed by atoms with Crippen LogP contribution in [0.25, 0.3) is 0 Å². The first-order valence-corrected chi connectivity index (χ1v) is 8.95. The molecule has 0 spiro atoms.